The van der Waals surface area contributed by atoms with E-state index in [1.54, 1.807) is 0 Å². The van der Waals surface area contributed by atoms with Crippen LogP contribution < -0.4 is 0 Å². The molecule has 0 aliphatic heterocycles. The molecule has 0 heterocycles. The van der Waals surface area contributed by atoms with Gasteiger partial charge in [-0.1, -0.05) is 26.7 Å². The van der Waals surface area contributed by atoms with Crippen LogP contribution in [-0.4, -0.2) is 23.9 Å². The van der Waals surface area contributed by atoms with E-state index in [9.17, 15) is 10.1 Å². The molecule has 3 heteroatoms. The standard InChI is InChI=1S/C13H22N2O/c1-3-9-15(10-4-2)12(16)13(11-14)7-5-6-8-13/h3-10H2,1-2H3. The molecule has 1 saturated carbocycles. The van der Waals surface area contributed by atoms with Crippen LogP contribution in [0.5, 0.6) is 0 Å². The lowest BCUT2D eigenvalue weighted by atomic mass is 9.86. The van der Waals surface area contributed by atoms with E-state index in [0.717, 1.165) is 51.6 Å². The van der Waals surface area contributed by atoms with Crippen LogP contribution >= 0.6 is 0 Å². The highest BCUT2D eigenvalue weighted by Crippen LogP contribution is 2.39. The second kappa shape index (κ2) is 5.89. The fraction of sp³-hybridized carbons (Fsp3) is 0.846. The smallest absolute Gasteiger partial charge is 0.243 e. The van der Waals surface area contributed by atoms with E-state index in [1.807, 2.05) is 4.90 Å². The van der Waals surface area contributed by atoms with Gasteiger partial charge in [-0.05, 0) is 25.7 Å². The number of amides is 1. The zero-order valence-electron chi connectivity index (χ0n) is 10.5. The quantitative estimate of drug-likeness (QED) is 0.718. The lowest BCUT2D eigenvalue weighted by Crippen LogP contribution is -2.42. The molecular formula is C13H22N2O. The van der Waals surface area contributed by atoms with Gasteiger partial charge in [0.2, 0.25) is 5.91 Å². The van der Waals surface area contributed by atoms with Crippen LogP contribution in [0.3, 0.4) is 0 Å². The van der Waals surface area contributed by atoms with E-state index in [4.69, 9.17) is 0 Å². The molecule has 0 saturated heterocycles. The topological polar surface area (TPSA) is 44.1 Å². The van der Waals surface area contributed by atoms with Gasteiger partial charge in [-0.2, -0.15) is 5.26 Å². The summed E-state index contributed by atoms with van der Waals surface area (Å²) in [5, 5.41) is 9.27. The van der Waals surface area contributed by atoms with Crippen molar-refractivity contribution in [3.8, 4) is 6.07 Å². The third kappa shape index (κ3) is 2.55. The summed E-state index contributed by atoms with van der Waals surface area (Å²) in [6.07, 6.45) is 5.48. The summed E-state index contributed by atoms with van der Waals surface area (Å²) < 4.78 is 0. The van der Waals surface area contributed by atoms with E-state index in [1.165, 1.54) is 0 Å². The molecule has 1 rings (SSSR count). The predicted octanol–water partition coefficient (Wildman–Crippen LogP) is 2.72. The Kier molecular flexibility index (Phi) is 4.79. The van der Waals surface area contributed by atoms with Crippen molar-refractivity contribution in [3.63, 3.8) is 0 Å². The lowest BCUT2D eigenvalue weighted by molar-refractivity contribution is -0.138. The number of nitriles is 1. The molecule has 90 valence electrons. The van der Waals surface area contributed by atoms with Crippen molar-refractivity contribution in [1.29, 1.82) is 5.26 Å². The highest BCUT2D eigenvalue weighted by molar-refractivity contribution is 5.85. The zero-order valence-corrected chi connectivity index (χ0v) is 10.5. The van der Waals surface area contributed by atoms with Gasteiger partial charge < -0.3 is 4.90 Å². The first-order chi connectivity index (χ1) is 7.70. The Morgan fingerprint density at radius 1 is 1.25 bits per heavy atom. The first kappa shape index (κ1) is 13.0. The molecule has 1 fully saturated rings. The number of hydrogen-bond acceptors (Lipinski definition) is 2. The van der Waals surface area contributed by atoms with Crippen molar-refractivity contribution < 1.29 is 4.79 Å². The number of rotatable bonds is 5. The Bertz CT molecular complexity index is 268. The Balaban J connectivity index is 2.75. The summed E-state index contributed by atoms with van der Waals surface area (Å²) in [6.45, 7) is 5.72. The minimum atomic E-state index is -0.690. The van der Waals surface area contributed by atoms with Crippen LogP contribution in [0.15, 0.2) is 0 Å². The van der Waals surface area contributed by atoms with E-state index in [0.29, 0.717) is 0 Å². The predicted molar refractivity (Wildman–Crippen MR) is 63.7 cm³/mol. The van der Waals surface area contributed by atoms with E-state index in [2.05, 4.69) is 19.9 Å². The Labute approximate surface area is 98.4 Å². The maximum Gasteiger partial charge on any atom is 0.243 e. The number of nitrogens with zero attached hydrogens (tertiary/aromatic N) is 2. The van der Waals surface area contributed by atoms with Gasteiger partial charge in [0.25, 0.3) is 0 Å². The van der Waals surface area contributed by atoms with Crippen molar-refractivity contribution in [2.75, 3.05) is 13.1 Å². The molecule has 0 bridgehead atoms. The second-order valence-electron chi connectivity index (χ2n) is 4.69. The summed E-state index contributed by atoms with van der Waals surface area (Å²) in [5.74, 6) is 0.0798. The van der Waals surface area contributed by atoms with Crippen LogP contribution in [0.1, 0.15) is 52.4 Å². The molecule has 1 amide bonds. The monoisotopic (exact) mass is 222 g/mol. The van der Waals surface area contributed by atoms with Crippen molar-refractivity contribution >= 4 is 5.91 Å². The van der Waals surface area contributed by atoms with E-state index in [-0.39, 0.29) is 5.91 Å². The van der Waals surface area contributed by atoms with Crippen LogP contribution in [0.25, 0.3) is 0 Å². The fourth-order valence-electron chi connectivity index (χ4n) is 2.51. The molecule has 0 aromatic carbocycles. The molecule has 0 aromatic heterocycles. The molecule has 0 spiro atoms. The van der Waals surface area contributed by atoms with Gasteiger partial charge in [-0.15, -0.1) is 0 Å². The summed E-state index contributed by atoms with van der Waals surface area (Å²) in [4.78, 5) is 14.3. The van der Waals surface area contributed by atoms with E-state index < -0.39 is 5.41 Å². The maximum absolute atomic E-state index is 12.4. The number of carbonyl (C=O) groups is 1. The SMILES string of the molecule is CCCN(CCC)C(=O)C1(C#N)CCCC1. The second-order valence-corrected chi connectivity index (χ2v) is 4.69. The van der Waals surface area contributed by atoms with Crippen molar-refractivity contribution in [3.05, 3.63) is 0 Å². The highest BCUT2D eigenvalue weighted by Gasteiger charge is 2.43. The van der Waals surface area contributed by atoms with Crippen LogP contribution in [-0.2, 0) is 4.79 Å². The fourth-order valence-corrected chi connectivity index (χ4v) is 2.51. The van der Waals surface area contributed by atoms with Gasteiger partial charge in [0.1, 0.15) is 5.41 Å². The highest BCUT2D eigenvalue weighted by atomic mass is 16.2. The summed E-state index contributed by atoms with van der Waals surface area (Å²) in [5.41, 5.74) is -0.690. The summed E-state index contributed by atoms with van der Waals surface area (Å²) in [6, 6.07) is 2.28. The average Bonchev–Trinajstić information content (AvgIpc) is 2.77. The molecule has 3 nitrogen and oxygen atoms in total. The molecular weight excluding hydrogens is 200 g/mol. The van der Waals surface area contributed by atoms with Gasteiger partial charge in [-0.3, -0.25) is 4.79 Å². The molecule has 16 heavy (non-hydrogen) atoms. The maximum atomic E-state index is 12.4. The van der Waals surface area contributed by atoms with Crippen LogP contribution in [0, 0.1) is 16.7 Å². The molecule has 1 aliphatic carbocycles. The normalized spacial score (nSPS) is 18.1. The Morgan fingerprint density at radius 2 is 1.75 bits per heavy atom. The first-order valence-corrected chi connectivity index (χ1v) is 6.41. The minimum absolute atomic E-state index is 0.0798. The first-order valence-electron chi connectivity index (χ1n) is 6.41. The number of carbonyl (C=O) groups excluding carboxylic acids is 1. The van der Waals surface area contributed by atoms with Gasteiger partial charge in [0.05, 0.1) is 6.07 Å². The van der Waals surface area contributed by atoms with Gasteiger partial charge >= 0.3 is 0 Å². The Hall–Kier alpha value is -1.04. The van der Waals surface area contributed by atoms with Gasteiger partial charge in [0.15, 0.2) is 0 Å². The van der Waals surface area contributed by atoms with Crippen molar-refractivity contribution in [2.24, 2.45) is 5.41 Å². The summed E-state index contributed by atoms with van der Waals surface area (Å²) in [7, 11) is 0. The molecule has 0 N–H and O–H groups in total. The third-order valence-corrected chi connectivity index (χ3v) is 3.35. The molecule has 0 unspecified atom stereocenters. The lowest BCUT2D eigenvalue weighted by Gasteiger charge is -2.29. The third-order valence-electron chi connectivity index (χ3n) is 3.35. The zero-order chi connectivity index (χ0) is 12.0. The van der Waals surface area contributed by atoms with Gasteiger partial charge in [-0.25, -0.2) is 0 Å². The minimum Gasteiger partial charge on any atom is -0.341 e. The average molecular weight is 222 g/mol. The Morgan fingerprint density at radius 3 is 2.12 bits per heavy atom. The van der Waals surface area contributed by atoms with Crippen LogP contribution in [0.2, 0.25) is 0 Å². The molecule has 0 atom stereocenters. The van der Waals surface area contributed by atoms with Gasteiger partial charge in [0, 0.05) is 13.1 Å². The largest absolute Gasteiger partial charge is 0.341 e. The molecule has 0 aromatic rings. The summed E-state index contributed by atoms with van der Waals surface area (Å²) >= 11 is 0. The van der Waals surface area contributed by atoms with E-state index >= 15 is 0 Å². The van der Waals surface area contributed by atoms with Crippen molar-refractivity contribution in [1.82, 2.24) is 4.90 Å². The number of hydrogen-bond donors (Lipinski definition) is 0. The van der Waals surface area contributed by atoms with Crippen LogP contribution in [0.4, 0.5) is 0 Å². The molecule has 1 aliphatic rings. The van der Waals surface area contributed by atoms with Crippen molar-refractivity contribution in [2.45, 2.75) is 52.4 Å². The molecule has 0 radical (unpaired) electrons.